The van der Waals surface area contributed by atoms with E-state index in [1.54, 1.807) is 31.2 Å². The maximum atomic E-state index is 13.3. The van der Waals surface area contributed by atoms with E-state index in [9.17, 15) is 8.42 Å². The first-order chi connectivity index (χ1) is 12.5. The van der Waals surface area contributed by atoms with Gasteiger partial charge in [0.05, 0.1) is 10.6 Å². The minimum absolute atomic E-state index is 0.298. The topological polar surface area (TPSA) is 46.5 Å². The molecular formula is C22H21NO2S. The molecule has 3 aromatic carbocycles. The lowest BCUT2D eigenvalue weighted by atomic mass is 10.1. The third-order valence-corrected chi connectivity index (χ3v) is 6.37. The van der Waals surface area contributed by atoms with Crippen molar-refractivity contribution in [2.24, 2.45) is 4.99 Å². The second-order valence-corrected chi connectivity index (χ2v) is 8.27. The first-order valence-electron chi connectivity index (χ1n) is 8.44. The number of sulfone groups is 1. The Kier molecular flexibility index (Phi) is 5.33. The molecule has 1 atom stereocenters. The van der Waals surface area contributed by atoms with Gasteiger partial charge in [-0.05, 0) is 43.7 Å². The molecule has 0 fully saturated rings. The molecule has 0 aromatic heterocycles. The van der Waals surface area contributed by atoms with Crippen molar-refractivity contribution in [2.45, 2.75) is 24.0 Å². The van der Waals surface area contributed by atoms with Gasteiger partial charge in [-0.1, -0.05) is 66.2 Å². The summed E-state index contributed by atoms with van der Waals surface area (Å²) in [6.07, 6.45) is 0. The maximum absolute atomic E-state index is 13.3. The smallest absolute Gasteiger partial charge is 0.190 e. The van der Waals surface area contributed by atoms with E-state index in [2.05, 4.69) is 4.99 Å². The molecule has 0 bridgehead atoms. The van der Waals surface area contributed by atoms with Gasteiger partial charge in [0, 0.05) is 5.71 Å². The highest BCUT2D eigenvalue weighted by Crippen LogP contribution is 2.31. The molecule has 0 aliphatic rings. The van der Waals surface area contributed by atoms with E-state index in [1.165, 1.54) is 0 Å². The SMILES string of the molecule is CC(=Nc1ccc(C)cc1)C(c1ccccc1)S(=O)(=O)c1ccccc1. The van der Waals surface area contributed by atoms with Gasteiger partial charge in [-0.25, -0.2) is 8.42 Å². The summed E-state index contributed by atoms with van der Waals surface area (Å²) >= 11 is 0. The van der Waals surface area contributed by atoms with Gasteiger partial charge in [-0.2, -0.15) is 0 Å². The number of rotatable bonds is 5. The summed E-state index contributed by atoms with van der Waals surface area (Å²) in [6, 6.07) is 25.5. The number of hydrogen-bond donors (Lipinski definition) is 0. The Morgan fingerprint density at radius 1 is 0.808 bits per heavy atom. The van der Waals surface area contributed by atoms with Crippen molar-refractivity contribution in [2.75, 3.05) is 0 Å². The summed E-state index contributed by atoms with van der Waals surface area (Å²) in [5, 5.41) is -0.826. The Labute approximate surface area is 155 Å². The van der Waals surface area contributed by atoms with E-state index in [1.807, 2.05) is 67.6 Å². The van der Waals surface area contributed by atoms with Crippen LogP contribution in [0.1, 0.15) is 23.3 Å². The van der Waals surface area contributed by atoms with E-state index < -0.39 is 15.1 Å². The summed E-state index contributed by atoms with van der Waals surface area (Å²) in [5.74, 6) is 0. The number of aryl methyl sites for hydroxylation is 1. The largest absolute Gasteiger partial charge is 0.256 e. The Morgan fingerprint density at radius 3 is 1.92 bits per heavy atom. The minimum atomic E-state index is -3.61. The van der Waals surface area contributed by atoms with Crippen molar-refractivity contribution in [3.8, 4) is 0 Å². The fourth-order valence-electron chi connectivity index (χ4n) is 2.90. The second kappa shape index (κ2) is 7.67. The van der Waals surface area contributed by atoms with Gasteiger partial charge in [0.1, 0.15) is 5.25 Å². The Morgan fingerprint density at radius 2 is 1.35 bits per heavy atom. The van der Waals surface area contributed by atoms with Crippen LogP contribution in [-0.4, -0.2) is 14.1 Å². The molecule has 0 aliphatic heterocycles. The summed E-state index contributed by atoms with van der Waals surface area (Å²) in [4.78, 5) is 4.90. The molecule has 1 unspecified atom stereocenters. The Balaban J connectivity index is 2.11. The van der Waals surface area contributed by atoms with E-state index in [4.69, 9.17) is 0 Å². The Bertz CT molecular complexity index is 993. The van der Waals surface area contributed by atoms with Crippen LogP contribution in [0.15, 0.2) is 94.8 Å². The van der Waals surface area contributed by atoms with Crippen LogP contribution in [0, 0.1) is 6.92 Å². The fraction of sp³-hybridized carbons (Fsp3) is 0.136. The highest BCUT2D eigenvalue weighted by Gasteiger charge is 2.31. The maximum Gasteiger partial charge on any atom is 0.190 e. The van der Waals surface area contributed by atoms with Crippen LogP contribution in [0.2, 0.25) is 0 Å². The standard InChI is InChI=1S/C22H21NO2S/c1-17-13-15-20(16-14-17)23-18(2)22(19-9-5-3-6-10-19)26(24,25)21-11-7-4-8-12-21/h3-16,22H,1-2H3. The van der Waals surface area contributed by atoms with Crippen LogP contribution >= 0.6 is 0 Å². The van der Waals surface area contributed by atoms with Gasteiger partial charge >= 0.3 is 0 Å². The highest BCUT2D eigenvalue weighted by atomic mass is 32.2. The van der Waals surface area contributed by atoms with Gasteiger partial charge in [-0.15, -0.1) is 0 Å². The van der Waals surface area contributed by atoms with Gasteiger partial charge < -0.3 is 0 Å². The third kappa shape index (κ3) is 3.92. The number of aliphatic imine (C=N–C) groups is 1. The Hall–Kier alpha value is -2.72. The van der Waals surface area contributed by atoms with Crippen LogP contribution in [0.4, 0.5) is 5.69 Å². The molecule has 3 aromatic rings. The molecular weight excluding hydrogens is 342 g/mol. The number of benzene rings is 3. The lowest BCUT2D eigenvalue weighted by Crippen LogP contribution is -2.20. The second-order valence-electron chi connectivity index (χ2n) is 6.24. The van der Waals surface area contributed by atoms with Crippen molar-refractivity contribution in [1.82, 2.24) is 0 Å². The van der Waals surface area contributed by atoms with E-state index in [0.29, 0.717) is 16.2 Å². The van der Waals surface area contributed by atoms with Crippen molar-refractivity contribution in [1.29, 1.82) is 0 Å². The minimum Gasteiger partial charge on any atom is -0.256 e. The van der Waals surface area contributed by atoms with Crippen LogP contribution < -0.4 is 0 Å². The van der Waals surface area contributed by atoms with Crippen molar-refractivity contribution in [3.63, 3.8) is 0 Å². The average Bonchev–Trinajstić information content (AvgIpc) is 2.65. The molecule has 0 saturated carbocycles. The average molecular weight is 363 g/mol. The van der Waals surface area contributed by atoms with Gasteiger partial charge in [0.2, 0.25) is 0 Å². The van der Waals surface area contributed by atoms with Crippen LogP contribution in [-0.2, 0) is 9.84 Å². The van der Waals surface area contributed by atoms with Crippen LogP contribution in [0.5, 0.6) is 0 Å². The molecule has 0 N–H and O–H groups in total. The molecule has 3 rings (SSSR count). The first kappa shape index (κ1) is 18.1. The molecule has 26 heavy (non-hydrogen) atoms. The zero-order valence-electron chi connectivity index (χ0n) is 14.8. The van der Waals surface area contributed by atoms with Gasteiger partial charge in [-0.3, -0.25) is 4.99 Å². The molecule has 0 spiro atoms. The molecule has 0 saturated heterocycles. The molecule has 0 amide bonds. The zero-order chi connectivity index (χ0) is 18.6. The number of nitrogens with zero attached hydrogens (tertiary/aromatic N) is 1. The third-order valence-electron chi connectivity index (χ3n) is 4.20. The number of hydrogen-bond acceptors (Lipinski definition) is 3. The van der Waals surface area contributed by atoms with E-state index in [0.717, 1.165) is 11.3 Å². The molecule has 4 heteroatoms. The monoisotopic (exact) mass is 363 g/mol. The predicted molar refractivity (Wildman–Crippen MR) is 107 cm³/mol. The zero-order valence-corrected chi connectivity index (χ0v) is 15.6. The van der Waals surface area contributed by atoms with Crippen molar-refractivity contribution in [3.05, 3.63) is 96.1 Å². The molecule has 132 valence electrons. The lowest BCUT2D eigenvalue weighted by Gasteiger charge is -2.18. The predicted octanol–water partition coefficient (Wildman–Crippen LogP) is 5.30. The summed E-state index contributed by atoms with van der Waals surface area (Å²) < 4.78 is 26.7. The summed E-state index contributed by atoms with van der Waals surface area (Å²) in [5.41, 5.74) is 3.14. The lowest BCUT2D eigenvalue weighted by molar-refractivity contribution is 0.592. The fourth-order valence-corrected chi connectivity index (χ4v) is 4.73. The van der Waals surface area contributed by atoms with Crippen LogP contribution in [0.3, 0.4) is 0 Å². The van der Waals surface area contributed by atoms with Gasteiger partial charge in [0.15, 0.2) is 9.84 Å². The summed E-state index contributed by atoms with van der Waals surface area (Å²) in [7, 11) is -3.61. The quantitative estimate of drug-likeness (QED) is 0.577. The van der Waals surface area contributed by atoms with E-state index >= 15 is 0 Å². The molecule has 3 nitrogen and oxygen atoms in total. The molecule has 0 aliphatic carbocycles. The molecule has 0 radical (unpaired) electrons. The first-order valence-corrected chi connectivity index (χ1v) is 9.99. The van der Waals surface area contributed by atoms with Crippen LogP contribution in [0.25, 0.3) is 0 Å². The van der Waals surface area contributed by atoms with Crippen molar-refractivity contribution >= 4 is 21.2 Å². The van der Waals surface area contributed by atoms with E-state index in [-0.39, 0.29) is 0 Å². The molecule has 0 heterocycles. The van der Waals surface area contributed by atoms with Gasteiger partial charge in [0.25, 0.3) is 0 Å². The highest BCUT2D eigenvalue weighted by molar-refractivity contribution is 7.92. The summed E-state index contributed by atoms with van der Waals surface area (Å²) in [6.45, 7) is 3.78. The normalized spacial score (nSPS) is 13.4. The van der Waals surface area contributed by atoms with Crippen molar-refractivity contribution < 1.29 is 8.42 Å².